The fraction of sp³-hybridized carbons (Fsp3) is 0.462. The minimum atomic E-state index is -3.68. The molecule has 2 unspecified atom stereocenters. The largest absolute Gasteiger partial charge is 0.309 e. The van der Waals surface area contributed by atoms with Gasteiger partial charge in [-0.3, -0.25) is 9.69 Å². The van der Waals surface area contributed by atoms with Crippen LogP contribution in [0.2, 0.25) is 0 Å². The van der Waals surface area contributed by atoms with E-state index in [0.717, 1.165) is 23.8 Å². The molecule has 2 aromatic carbocycles. The monoisotopic (exact) mass is 586 g/mol. The number of fused-ring (bicyclic) bond motifs is 1. The molecule has 1 aromatic heterocycles. The maximum absolute atomic E-state index is 14.3. The number of halogens is 3. The first kappa shape index (κ1) is 30.4. The number of thiazole rings is 1. The van der Waals surface area contributed by atoms with Gasteiger partial charge in [-0.2, -0.15) is 4.31 Å². The number of aromatic nitrogens is 1. The van der Waals surface area contributed by atoms with Gasteiger partial charge in [0.05, 0.1) is 9.60 Å². The first-order valence-corrected chi connectivity index (χ1v) is 14.5. The summed E-state index contributed by atoms with van der Waals surface area (Å²) in [5.41, 5.74) is 0.299. The van der Waals surface area contributed by atoms with Crippen LogP contribution in [0.3, 0.4) is 0 Å². The molecule has 1 amide bonds. The topological polar surface area (TPSA) is 73.8 Å². The lowest BCUT2D eigenvalue weighted by Crippen LogP contribution is -2.42. The zero-order chi connectivity index (χ0) is 26.9. The van der Waals surface area contributed by atoms with Crippen molar-refractivity contribution >= 4 is 55.0 Å². The Hall–Kier alpha value is -2.18. The number of hydrogen-bond acceptors (Lipinski definition) is 6. The van der Waals surface area contributed by atoms with E-state index >= 15 is 0 Å². The van der Waals surface area contributed by atoms with Crippen LogP contribution in [-0.4, -0.2) is 68.8 Å². The Morgan fingerprint density at radius 3 is 2.32 bits per heavy atom. The average Bonchev–Trinajstić information content (AvgIpc) is 3.25. The predicted molar refractivity (Wildman–Crippen MR) is 150 cm³/mol. The SMILES string of the molecule is CC1CC(C)CN(S(=O)(=O)c2ccc(C(=O)N(CCCN(C)C)c3nc4c(F)cc(F)cc4s3)cc2)C1.Cl. The molecular weight excluding hydrogens is 554 g/mol. The summed E-state index contributed by atoms with van der Waals surface area (Å²) >= 11 is 1.04. The summed E-state index contributed by atoms with van der Waals surface area (Å²) < 4.78 is 56.3. The molecular formula is C26H33ClF2N4O3S2. The number of benzene rings is 2. The van der Waals surface area contributed by atoms with Gasteiger partial charge in [0, 0.05) is 31.3 Å². The zero-order valence-electron chi connectivity index (χ0n) is 21.9. The second-order valence-electron chi connectivity index (χ2n) is 10.1. The highest BCUT2D eigenvalue weighted by Crippen LogP contribution is 2.32. The molecule has 4 rings (SSSR count). The predicted octanol–water partition coefficient (Wildman–Crippen LogP) is 5.26. The molecule has 0 radical (unpaired) electrons. The van der Waals surface area contributed by atoms with Gasteiger partial charge in [-0.1, -0.05) is 25.2 Å². The Morgan fingerprint density at radius 1 is 1.08 bits per heavy atom. The number of piperidine rings is 1. The second kappa shape index (κ2) is 12.3. The van der Waals surface area contributed by atoms with Crippen LogP contribution in [0.25, 0.3) is 10.2 Å². The zero-order valence-corrected chi connectivity index (χ0v) is 24.3. The molecule has 1 saturated heterocycles. The standard InChI is InChI=1S/C26H32F2N4O3S2.ClH/c1-17-12-18(2)16-31(15-17)37(34,35)21-8-6-19(7-9-21)25(33)32(11-5-10-30(3)4)26-29-24-22(28)13-20(27)14-23(24)36-26;/h6-9,13-14,17-18H,5,10-12,15-16H2,1-4H3;1H. The first-order valence-electron chi connectivity index (χ1n) is 12.3. The highest BCUT2D eigenvalue weighted by Gasteiger charge is 2.32. The van der Waals surface area contributed by atoms with E-state index in [9.17, 15) is 22.0 Å². The normalized spacial score (nSPS) is 18.5. The quantitative estimate of drug-likeness (QED) is 0.360. The number of sulfonamides is 1. The van der Waals surface area contributed by atoms with Gasteiger partial charge in [-0.25, -0.2) is 22.2 Å². The molecule has 2 atom stereocenters. The van der Waals surface area contributed by atoms with Gasteiger partial charge in [0.15, 0.2) is 10.9 Å². The van der Waals surface area contributed by atoms with Crippen molar-refractivity contribution in [3.63, 3.8) is 0 Å². The molecule has 208 valence electrons. The number of amides is 1. The van der Waals surface area contributed by atoms with Gasteiger partial charge in [-0.15, -0.1) is 12.4 Å². The van der Waals surface area contributed by atoms with Crippen molar-refractivity contribution in [1.29, 1.82) is 0 Å². The molecule has 0 saturated carbocycles. The van der Waals surface area contributed by atoms with Crippen molar-refractivity contribution in [3.05, 3.63) is 53.6 Å². The Balaban J connectivity index is 0.00000400. The number of rotatable bonds is 8. The van der Waals surface area contributed by atoms with Crippen molar-refractivity contribution in [1.82, 2.24) is 14.2 Å². The molecule has 0 spiro atoms. The van der Waals surface area contributed by atoms with Crippen molar-refractivity contribution in [2.45, 2.75) is 31.6 Å². The first-order chi connectivity index (χ1) is 17.5. The number of carbonyl (C=O) groups is 1. The molecule has 3 aromatic rings. The molecule has 1 fully saturated rings. The van der Waals surface area contributed by atoms with Crippen LogP contribution in [0.5, 0.6) is 0 Å². The molecule has 12 heteroatoms. The van der Waals surface area contributed by atoms with Crippen molar-refractivity contribution in [2.75, 3.05) is 45.2 Å². The maximum atomic E-state index is 14.3. The summed E-state index contributed by atoms with van der Waals surface area (Å²) in [6.07, 6.45) is 1.62. The third kappa shape index (κ3) is 6.69. The van der Waals surface area contributed by atoms with Crippen molar-refractivity contribution < 1.29 is 22.0 Å². The lowest BCUT2D eigenvalue weighted by Gasteiger charge is -2.34. The van der Waals surface area contributed by atoms with Crippen molar-refractivity contribution in [2.24, 2.45) is 11.8 Å². The van der Waals surface area contributed by atoms with Crippen LogP contribution in [-0.2, 0) is 10.0 Å². The van der Waals surface area contributed by atoms with Crippen LogP contribution >= 0.6 is 23.7 Å². The lowest BCUT2D eigenvalue weighted by atomic mass is 9.94. The molecule has 0 N–H and O–H groups in total. The van der Waals surface area contributed by atoms with E-state index in [0.29, 0.717) is 37.3 Å². The van der Waals surface area contributed by atoms with E-state index < -0.39 is 21.7 Å². The molecule has 0 aliphatic carbocycles. The van der Waals surface area contributed by atoms with Crippen LogP contribution in [0, 0.1) is 23.5 Å². The Kier molecular flexibility index (Phi) is 9.86. The van der Waals surface area contributed by atoms with Gasteiger partial charge in [-0.05, 0) is 75.6 Å². The molecule has 2 heterocycles. The smallest absolute Gasteiger partial charge is 0.260 e. The fourth-order valence-electron chi connectivity index (χ4n) is 4.77. The molecule has 1 aliphatic heterocycles. The minimum Gasteiger partial charge on any atom is -0.309 e. The number of nitrogens with zero attached hydrogens (tertiary/aromatic N) is 4. The van der Waals surface area contributed by atoms with E-state index in [2.05, 4.69) is 4.98 Å². The summed E-state index contributed by atoms with van der Waals surface area (Å²) in [6, 6.07) is 7.88. The van der Waals surface area contributed by atoms with Crippen LogP contribution < -0.4 is 4.90 Å². The molecule has 7 nitrogen and oxygen atoms in total. The van der Waals surface area contributed by atoms with E-state index in [4.69, 9.17) is 0 Å². The van der Waals surface area contributed by atoms with Crippen molar-refractivity contribution in [3.8, 4) is 0 Å². The van der Waals surface area contributed by atoms with Crippen LogP contribution in [0.15, 0.2) is 41.3 Å². The van der Waals surface area contributed by atoms with Gasteiger partial charge >= 0.3 is 0 Å². The average molecular weight is 587 g/mol. The van der Waals surface area contributed by atoms with Crippen LogP contribution in [0.4, 0.5) is 13.9 Å². The summed E-state index contributed by atoms with van der Waals surface area (Å²) in [7, 11) is 0.166. The third-order valence-electron chi connectivity index (χ3n) is 6.44. The van der Waals surface area contributed by atoms with Gasteiger partial charge in [0.25, 0.3) is 5.91 Å². The van der Waals surface area contributed by atoms with E-state index in [1.165, 1.54) is 39.5 Å². The fourth-order valence-corrected chi connectivity index (χ4v) is 7.48. The molecule has 38 heavy (non-hydrogen) atoms. The van der Waals surface area contributed by atoms with E-state index in [-0.39, 0.29) is 51.3 Å². The Morgan fingerprint density at radius 2 is 1.71 bits per heavy atom. The van der Waals surface area contributed by atoms with E-state index in [1.807, 2.05) is 32.8 Å². The highest BCUT2D eigenvalue weighted by molar-refractivity contribution is 7.89. The maximum Gasteiger partial charge on any atom is 0.260 e. The number of anilines is 1. The summed E-state index contributed by atoms with van der Waals surface area (Å²) in [4.78, 5) is 21.4. The van der Waals surface area contributed by atoms with Gasteiger partial charge < -0.3 is 4.90 Å². The Bertz CT molecular complexity index is 1370. The lowest BCUT2D eigenvalue weighted by molar-refractivity contribution is 0.0986. The van der Waals surface area contributed by atoms with E-state index in [1.54, 1.807) is 0 Å². The van der Waals surface area contributed by atoms with Gasteiger partial charge in [0.2, 0.25) is 10.0 Å². The highest BCUT2D eigenvalue weighted by atomic mass is 35.5. The summed E-state index contributed by atoms with van der Waals surface area (Å²) in [5.74, 6) is -1.32. The van der Waals surface area contributed by atoms with Gasteiger partial charge in [0.1, 0.15) is 11.3 Å². The Labute approximate surface area is 232 Å². The summed E-state index contributed by atoms with van der Waals surface area (Å²) in [5, 5.41) is 0.260. The second-order valence-corrected chi connectivity index (χ2v) is 13.1. The minimum absolute atomic E-state index is 0. The summed E-state index contributed by atoms with van der Waals surface area (Å²) in [6.45, 7) is 6.07. The third-order valence-corrected chi connectivity index (χ3v) is 9.31. The van der Waals surface area contributed by atoms with Crippen LogP contribution in [0.1, 0.15) is 37.0 Å². The number of hydrogen-bond donors (Lipinski definition) is 0. The molecule has 0 bridgehead atoms. The number of carbonyl (C=O) groups excluding carboxylic acids is 1. The molecule has 1 aliphatic rings.